The Morgan fingerprint density at radius 1 is 1.17 bits per heavy atom. The summed E-state index contributed by atoms with van der Waals surface area (Å²) in [6.07, 6.45) is 1.45. The van der Waals surface area contributed by atoms with Crippen molar-refractivity contribution < 1.29 is 9.59 Å². The second kappa shape index (κ2) is 7.61. The third kappa shape index (κ3) is 3.30. The largest absolute Gasteiger partial charge is 0.343 e. The molecule has 4 rings (SSSR count). The van der Waals surface area contributed by atoms with Crippen LogP contribution in [0.3, 0.4) is 0 Å². The lowest BCUT2D eigenvalue weighted by Gasteiger charge is -2.44. The molecule has 3 aliphatic heterocycles. The summed E-state index contributed by atoms with van der Waals surface area (Å²) in [5, 5.41) is 3.60. The topological polar surface area (TPSA) is 59.1 Å². The summed E-state index contributed by atoms with van der Waals surface area (Å²) >= 11 is 0. The molecule has 1 aromatic carbocycles. The lowest BCUT2D eigenvalue weighted by molar-refractivity contribution is -0.138. The first kappa shape index (κ1) is 20.2. The summed E-state index contributed by atoms with van der Waals surface area (Å²) in [7, 11) is 1.81. The molecule has 0 aliphatic carbocycles. The fourth-order valence-electron chi connectivity index (χ4n) is 4.81. The molecule has 0 radical (unpaired) electrons. The van der Waals surface area contributed by atoms with Crippen molar-refractivity contribution in [3.8, 4) is 0 Å². The zero-order chi connectivity index (χ0) is 20.9. The molecule has 0 spiro atoms. The van der Waals surface area contributed by atoms with E-state index in [1.807, 2.05) is 7.05 Å². The maximum Gasteiger partial charge on any atom is 0.327 e. The van der Waals surface area contributed by atoms with Gasteiger partial charge in [0.05, 0.1) is 0 Å². The van der Waals surface area contributed by atoms with Gasteiger partial charge in [-0.05, 0) is 49.8 Å². The lowest BCUT2D eigenvalue weighted by atomic mass is 10.1. The third-order valence-corrected chi connectivity index (χ3v) is 6.69. The van der Waals surface area contributed by atoms with E-state index in [0.717, 1.165) is 25.9 Å². The van der Waals surface area contributed by atoms with Crippen LogP contribution >= 0.6 is 0 Å². The van der Waals surface area contributed by atoms with Gasteiger partial charge >= 0.3 is 6.03 Å². The molecule has 29 heavy (non-hydrogen) atoms. The van der Waals surface area contributed by atoms with Gasteiger partial charge < -0.3 is 9.80 Å². The minimum Gasteiger partial charge on any atom is -0.343 e. The highest BCUT2D eigenvalue weighted by molar-refractivity contribution is 6.00. The first-order valence-electron chi connectivity index (χ1n) is 10.7. The molecule has 3 heterocycles. The highest BCUT2D eigenvalue weighted by Crippen LogP contribution is 2.34. The van der Waals surface area contributed by atoms with Crippen molar-refractivity contribution in [2.75, 3.05) is 31.6 Å². The number of amides is 3. The van der Waals surface area contributed by atoms with Gasteiger partial charge in [0.2, 0.25) is 0 Å². The van der Waals surface area contributed by atoms with Crippen molar-refractivity contribution >= 4 is 17.6 Å². The number of likely N-dealkylation sites (N-methyl/N-ethyl adjacent to an activating group) is 1. The molecule has 7 nitrogen and oxygen atoms in total. The molecule has 3 saturated heterocycles. The average molecular weight is 400 g/mol. The summed E-state index contributed by atoms with van der Waals surface area (Å²) in [6, 6.07) is 5.85. The maximum absolute atomic E-state index is 13.4. The number of aryl methyl sites for hydroxylation is 1. The number of imide groups is 1. The molecule has 3 aliphatic rings. The maximum atomic E-state index is 13.4. The number of fused-ring (bicyclic) bond motifs is 3. The molecule has 0 saturated carbocycles. The van der Waals surface area contributed by atoms with Crippen LogP contribution in [0, 0.1) is 19.8 Å². The van der Waals surface area contributed by atoms with Crippen molar-refractivity contribution in [2.24, 2.45) is 5.92 Å². The average Bonchev–Trinajstić information content (AvgIpc) is 3.08. The van der Waals surface area contributed by atoms with Crippen LogP contribution in [0.4, 0.5) is 10.5 Å². The molecule has 0 bridgehead atoms. The number of rotatable bonds is 4. The molecule has 1 N–H and O–H groups in total. The van der Waals surface area contributed by atoms with E-state index < -0.39 is 0 Å². The standard InChI is InChI=1S/C22H33N5O2/c1-14(2)10-13-27-20(28)18-19(24(5)22(27)29)23-21-25(11-7-12-26(18)21)17-9-6-8-15(3)16(17)4/h6,8-9,14,18-19,21,23H,7,10-13H2,1-5H3. The van der Waals surface area contributed by atoms with E-state index in [4.69, 9.17) is 0 Å². The van der Waals surface area contributed by atoms with Crippen LogP contribution in [0.15, 0.2) is 18.2 Å². The molecule has 3 unspecified atom stereocenters. The van der Waals surface area contributed by atoms with Gasteiger partial charge in [-0.25, -0.2) is 4.79 Å². The number of anilines is 1. The van der Waals surface area contributed by atoms with E-state index in [1.165, 1.54) is 21.7 Å². The van der Waals surface area contributed by atoms with Crippen molar-refractivity contribution in [3.05, 3.63) is 29.3 Å². The zero-order valence-electron chi connectivity index (χ0n) is 18.2. The molecule has 3 fully saturated rings. The number of hydrogen-bond donors (Lipinski definition) is 1. The van der Waals surface area contributed by atoms with E-state index in [2.05, 4.69) is 61.0 Å². The quantitative estimate of drug-likeness (QED) is 0.842. The first-order valence-corrected chi connectivity index (χ1v) is 10.7. The number of nitrogens with one attached hydrogen (secondary N) is 1. The van der Waals surface area contributed by atoms with Crippen molar-refractivity contribution in [2.45, 2.75) is 59.0 Å². The Kier molecular flexibility index (Phi) is 5.29. The van der Waals surface area contributed by atoms with E-state index in [1.54, 1.807) is 4.90 Å². The molecule has 158 valence electrons. The number of urea groups is 1. The van der Waals surface area contributed by atoms with Gasteiger partial charge in [0.25, 0.3) is 5.91 Å². The van der Waals surface area contributed by atoms with Crippen LogP contribution in [0.2, 0.25) is 0 Å². The van der Waals surface area contributed by atoms with Gasteiger partial charge in [-0.15, -0.1) is 0 Å². The van der Waals surface area contributed by atoms with E-state index >= 15 is 0 Å². The number of carbonyl (C=O) groups is 2. The highest BCUT2D eigenvalue weighted by atomic mass is 16.2. The summed E-state index contributed by atoms with van der Waals surface area (Å²) in [5.41, 5.74) is 3.72. The summed E-state index contributed by atoms with van der Waals surface area (Å²) < 4.78 is 0. The Morgan fingerprint density at radius 3 is 2.66 bits per heavy atom. The van der Waals surface area contributed by atoms with Crippen LogP contribution in [0.1, 0.15) is 37.8 Å². The fraction of sp³-hybridized carbons (Fsp3) is 0.636. The van der Waals surface area contributed by atoms with Gasteiger partial charge in [-0.2, -0.15) is 0 Å². The van der Waals surface area contributed by atoms with Crippen LogP contribution in [-0.4, -0.2) is 71.8 Å². The predicted octanol–water partition coefficient (Wildman–Crippen LogP) is 2.34. The fourth-order valence-corrected chi connectivity index (χ4v) is 4.81. The van der Waals surface area contributed by atoms with Gasteiger partial charge in [-0.3, -0.25) is 19.9 Å². The van der Waals surface area contributed by atoms with E-state index in [9.17, 15) is 9.59 Å². The second-order valence-corrected chi connectivity index (χ2v) is 9.00. The minimum absolute atomic E-state index is 0.0587. The summed E-state index contributed by atoms with van der Waals surface area (Å²) in [6.45, 7) is 10.8. The second-order valence-electron chi connectivity index (χ2n) is 9.00. The van der Waals surface area contributed by atoms with Gasteiger partial charge in [-0.1, -0.05) is 26.0 Å². The number of hydrogen-bond acceptors (Lipinski definition) is 5. The molecular weight excluding hydrogens is 366 g/mol. The third-order valence-electron chi connectivity index (χ3n) is 6.69. The smallest absolute Gasteiger partial charge is 0.327 e. The van der Waals surface area contributed by atoms with E-state index in [-0.39, 0.29) is 30.4 Å². The van der Waals surface area contributed by atoms with Gasteiger partial charge in [0.15, 0.2) is 0 Å². The molecule has 0 aromatic heterocycles. The van der Waals surface area contributed by atoms with Crippen molar-refractivity contribution in [1.82, 2.24) is 20.0 Å². The molecular formula is C22H33N5O2. The van der Waals surface area contributed by atoms with Gasteiger partial charge in [0, 0.05) is 32.4 Å². The Balaban J connectivity index is 1.63. The minimum atomic E-state index is -0.331. The van der Waals surface area contributed by atoms with Gasteiger partial charge in [0.1, 0.15) is 18.5 Å². The number of nitrogens with zero attached hydrogens (tertiary/aromatic N) is 4. The summed E-state index contributed by atoms with van der Waals surface area (Å²) in [5.74, 6) is 0.388. The Hall–Kier alpha value is -2.12. The predicted molar refractivity (Wildman–Crippen MR) is 113 cm³/mol. The number of benzene rings is 1. The van der Waals surface area contributed by atoms with Crippen molar-refractivity contribution in [1.29, 1.82) is 0 Å². The first-order chi connectivity index (χ1) is 13.8. The highest BCUT2D eigenvalue weighted by Gasteiger charge is 2.56. The monoisotopic (exact) mass is 399 g/mol. The van der Waals surface area contributed by atoms with Crippen molar-refractivity contribution in [3.63, 3.8) is 0 Å². The van der Waals surface area contributed by atoms with Crippen LogP contribution < -0.4 is 10.2 Å². The van der Waals surface area contributed by atoms with Crippen LogP contribution in [0.25, 0.3) is 0 Å². The Morgan fingerprint density at radius 2 is 1.93 bits per heavy atom. The van der Waals surface area contributed by atoms with Crippen LogP contribution in [-0.2, 0) is 4.79 Å². The lowest BCUT2D eigenvalue weighted by Crippen LogP contribution is -2.66. The molecule has 7 heteroatoms. The SMILES string of the molecule is Cc1cccc(N2CCCN3C4C(=O)N(CCC(C)C)C(=O)N(C)C4NC23)c1C. The molecule has 3 atom stereocenters. The number of carbonyl (C=O) groups excluding carboxylic acids is 2. The normalized spacial score (nSPS) is 27.7. The van der Waals surface area contributed by atoms with E-state index in [0.29, 0.717) is 12.5 Å². The molecule has 3 amide bonds. The van der Waals surface area contributed by atoms with Crippen LogP contribution in [0.5, 0.6) is 0 Å². The Labute approximate surface area is 173 Å². The zero-order valence-corrected chi connectivity index (χ0v) is 18.2. The molecule has 1 aromatic rings. The Bertz CT molecular complexity index is 810. The summed E-state index contributed by atoms with van der Waals surface area (Å²) in [4.78, 5) is 34.1.